The molecule has 0 amide bonds. The topological polar surface area (TPSA) is 134 Å². The fourth-order valence-electron chi connectivity index (χ4n) is 4.99. The van der Waals surface area contributed by atoms with Gasteiger partial charge in [0.2, 0.25) is 0 Å². The molecule has 2 atom stereocenters. The van der Waals surface area contributed by atoms with Crippen molar-refractivity contribution in [1.29, 1.82) is 0 Å². The first kappa shape index (κ1) is 48.0. The molecule has 0 saturated carbocycles. The average Bonchev–Trinajstić information content (AvgIpc) is 3.10. The van der Waals surface area contributed by atoms with Crippen LogP contribution in [0.4, 0.5) is 0 Å². The monoisotopic (exact) mass is 725 g/mol. The summed E-state index contributed by atoms with van der Waals surface area (Å²) >= 11 is 0. The molecule has 50 heavy (non-hydrogen) atoms. The smallest absolute Gasteiger partial charge is 0.462 e. The Morgan fingerprint density at radius 3 is 1.56 bits per heavy atom. The summed E-state index contributed by atoms with van der Waals surface area (Å²) in [6, 6.07) is 0. The Morgan fingerprint density at radius 1 is 0.600 bits per heavy atom. The largest absolute Gasteiger partial charge is 0.472 e. The van der Waals surface area contributed by atoms with Crippen LogP contribution >= 0.6 is 7.82 Å². The van der Waals surface area contributed by atoms with Gasteiger partial charge in [0.25, 0.3) is 0 Å². The van der Waals surface area contributed by atoms with Gasteiger partial charge in [0.05, 0.1) is 13.2 Å². The molecule has 0 aromatic heterocycles. The van der Waals surface area contributed by atoms with Gasteiger partial charge < -0.3 is 20.1 Å². The number of ether oxygens (including phenoxy) is 2. The first-order valence-electron chi connectivity index (χ1n) is 19.6. The van der Waals surface area contributed by atoms with Gasteiger partial charge in [-0.25, -0.2) is 4.57 Å². The highest BCUT2D eigenvalue weighted by Gasteiger charge is 2.25. The number of hydrogen-bond acceptors (Lipinski definition) is 8. The molecule has 0 radical (unpaired) electrons. The molecule has 0 fully saturated rings. The van der Waals surface area contributed by atoms with Crippen LogP contribution in [-0.4, -0.2) is 49.3 Å². The van der Waals surface area contributed by atoms with Crippen LogP contribution in [-0.2, 0) is 32.7 Å². The summed E-state index contributed by atoms with van der Waals surface area (Å²) in [5.74, 6) is -0.869. The van der Waals surface area contributed by atoms with Crippen molar-refractivity contribution in [3.63, 3.8) is 0 Å². The third kappa shape index (κ3) is 35.8. The number of phosphoric acid groups is 1. The van der Waals surface area contributed by atoms with E-state index in [2.05, 4.69) is 62.5 Å². The lowest BCUT2D eigenvalue weighted by Crippen LogP contribution is -2.29. The Bertz CT molecular complexity index is 965. The number of nitrogens with two attached hydrogens (primary N) is 1. The van der Waals surface area contributed by atoms with Crippen molar-refractivity contribution >= 4 is 19.8 Å². The second-order valence-corrected chi connectivity index (χ2v) is 14.2. The van der Waals surface area contributed by atoms with Crippen molar-refractivity contribution < 1.29 is 37.6 Å². The maximum Gasteiger partial charge on any atom is 0.472 e. The minimum Gasteiger partial charge on any atom is -0.462 e. The van der Waals surface area contributed by atoms with E-state index < -0.39 is 32.5 Å². The van der Waals surface area contributed by atoms with E-state index >= 15 is 0 Å². The van der Waals surface area contributed by atoms with E-state index in [1.165, 1.54) is 51.4 Å². The summed E-state index contributed by atoms with van der Waals surface area (Å²) in [7, 11) is -4.38. The molecule has 1 unspecified atom stereocenters. The van der Waals surface area contributed by atoms with E-state index in [4.69, 9.17) is 24.3 Å². The predicted molar refractivity (Wildman–Crippen MR) is 206 cm³/mol. The summed E-state index contributed by atoms with van der Waals surface area (Å²) < 4.78 is 32.6. The van der Waals surface area contributed by atoms with Gasteiger partial charge >= 0.3 is 19.8 Å². The van der Waals surface area contributed by atoms with Gasteiger partial charge in [-0.3, -0.25) is 18.6 Å². The van der Waals surface area contributed by atoms with E-state index in [-0.39, 0.29) is 32.6 Å². The maximum atomic E-state index is 12.5. The van der Waals surface area contributed by atoms with Gasteiger partial charge in [-0.1, -0.05) is 120 Å². The minimum atomic E-state index is -4.38. The van der Waals surface area contributed by atoms with Gasteiger partial charge in [0.15, 0.2) is 6.10 Å². The molecule has 0 aromatic carbocycles. The van der Waals surface area contributed by atoms with Crippen molar-refractivity contribution in [1.82, 2.24) is 0 Å². The van der Waals surface area contributed by atoms with Gasteiger partial charge in [-0.15, -0.1) is 0 Å². The lowest BCUT2D eigenvalue weighted by Gasteiger charge is -2.19. The standard InChI is InChI=1S/C40H72NO8P/c1-3-5-7-9-11-13-15-17-18-19-20-21-23-25-27-29-31-33-40(43)49-38(37-48-50(44,45)47-35-34-41)36-46-39(42)32-30-28-26-24-22-16-14-12-10-8-6-4-2/h11-14,17-18,20-21,38H,3-10,15-16,19,22-37,41H2,1-2H3,(H,44,45)/b13-11-,14-12-,18-17-,21-20-/t38-/m1/s1. The van der Waals surface area contributed by atoms with E-state index in [1.807, 2.05) is 0 Å². The second kappa shape index (κ2) is 36.8. The van der Waals surface area contributed by atoms with Crippen molar-refractivity contribution in [3.8, 4) is 0 Å². The van der Waals surface area contributed by atoms with Crippen LogP contribution in [0.3, 0.4) is 0 Å². The Kier molecular flexibility index (Phi) is 35.3. The van der Waals surface area contributed by atoms with Crippen LogP contribution in [0.15, 0.2) is 48.6 Å². The molecule has 0 aliphatic rings. The van der Waals surface area contributed by atoms with Crippen LogP contribution in [0.25, 0.3) is 0 Å². The van der Waals surface area contributed by atoms with E-state index in [0.717, 1.165) is 77.0 Å². The molecule has 3 N–H and O–H groups in total. The minimum absolute atomic E-state index is 0.0467. The lowest BCUT2D eigenvalue weighted by atomic mass is 10.1. The number of unbranched alkanes of at least 4 members (excludes halogenated alkanes) is 15. The summed E-state index contributed by atoms with van der Waals surface area (Å²) in [4.78, 5) is 34.7. The second-order valence-electron chi connectivity index (χ2n) is 12.8. The number of carbonyl (C=O) groups is 2. The van der Waals surface area contributed by atoms with Crippen LogP contribution in [0, 0.1) is 0 Å². The summed E-state index contributed by atoms with van der Waals surface area (Å²) in [6.07, 6.45) is 39.9. The molecule has 290 valence electrons. The molecular formula is C40H72NO8P. The number of allylic oxidation sites excluding steroid dienone is 8. The molecule has 10 heteroatoms. The molecule has 0 aromatic rings. The lowest BCUT2D eigenvalue weighted by molar-refractivity contribution is -0.161. The van der Waals surface area contributed by atoms with Crippen LogP contribution in [0.5, 0.6) is 0 Å². The number of rotatable bonds is 36. The van der Waals surface area contributed by atoms with Crippen molar-refractivity contribution in [2.24, 2.45) is 5.73 Å². The van der Waals surface area contributed by atoms with Crippen LogP contribution in [0.2, 0.25) is 0 Å². The molecule has 0 bridgehead atoms. The van der Waals surface area contributed by atoms with Gasteiger partial charge in [0.1, 0.15) is 6.61 Å². The SMILES string of the molecule is CCCCC/C=C\C/C=C\C/C=C\CCCCCCC(=O)O[C@H](COC(=O)CCCCCCC/C=C\CCCCC)COP(=O)(O)OCCN. The van der Waals surface area contributed by atoms with Crippen molar-refractivity contribution in [3.05, 3.63) is 48.6 Å². The van der Waals surface area contributed by atoms with Crippen molar-refractivity contribution in [2.45, 2.75) is 168 Å². The number of phosphoric ester groups is 1. The molecule has 9 nitrogen and oxygen atoms in total. The molecule has 0 rings (SSSR count). The molecule has 0 saturated heterocycles. The van der Waals surface area contributed by atoms with Gasteiger partial charge in [0, 0.05) is 19.4 Å². The van der Waals surface area contributed by atoms with Gasteiger partial charge in [-0.05, 0) is 77.0 Å². The number of esters is 2. The summed E-state index contributed by atoms with van der Waals surface area (Å²) in [5, 5.41) is 0. The first-order chi connectivity index (χ1) is 24.3. The normalized spacial score (nSPS) is 13.9. The zero-order valence-electron chi connectivity index (χ0n) is 31.6. The summed E-state index contributed by atoms with van der Waals surface area (Å²) in [5.41, 5.74) is 5.33. The van der Waals surface area contributed by atoms with Gasteiger partial charge in [-0.2, -0.15) is 0 Å². The number of carbonyl (C=O) groups excluding carboxylic acids is 2. The highest BCUT2D eigenvalue weighted by atomic mass is 31.2. The maximum absolute atomic E-state index is 12.5. The number of hydrogen-bond donors (Lipinski definition) is 2. The van der Waals surface area contributed by atoms with Crippen LogP contribution < -0.4 is 5.73 Å². The first-order valence-corrected chi connectivity index (χ1v) is 21.1. The van der Waals surface area contributed by atoms with E-state index in [1.54, 1.807) is 0 Å². The zero-order chi connectivity index (χ0) is 36.8. The third-order valence-corrected chi connectivity index (χ3v) is 8.92. The van der Waals surface area contributed by atoms with E-state index in [0.29, 0.717) is 6.42 Å². The molecule has 0 aliphatic carbocycles. The molecule has 0 spiro atoms. The molecule has 0 heterocycles. The fourth-order valence-corrected chi connectivity index (χ4v) is 5.75. The predicted octanol–water partition coefficient (Wildman–Crippen LogP) is 10.8. The Balaban J connectivity index is 4.28. The quantitative estimate of drug-likeness (QED) is 0.0280. The Hall–Kier alpha value is -2.03. The summed E-state index contributed by atoms with van der Waals surface area (Å²) in [6.45, 7) is 3.62. The van der Waals surface area contributed by atoms with E-state index in [9.17, 15) is 19.0 Å². The Morgan fingerprint density at radius 2 is 1.04 bits per heavy atom. The highest BCUT2D eigenvalue weighted by molar-refractivity contribution is 7.47. The van der Waals surface area contributed by atoms with Crippen LogP contribution in [0.1, 0.15) is 162 Å². The average molecular weight is 726 g/mol. The third-order valence-electron chi connectivity index (χ3n) is 7.94. The highest BCUT2D eigenvalue weighted by Crippen LogP contribution is 2.43. The zero-order valence-corrected chi connectivity index (χ0v) is 32.5. The Labute approximate surface area is 305 Å². The van der Waals surface area contributed by atoms with Crippen molar-refractivity contribution in [2.75, 3.05) is 26.4 Å². The fraction of sp³-hybridized carbons (Fsp3) is 0.750. The molecule has 0 aliphatic heterocycles. The molecular weight excluding hydrogens is 653 g/mol.